The van der Waals surface area contributed by atoms with Crippen LogP contribution in [0.4, 0.5) is 26.3 Å². The molecule has 0 bridgehead atoms. The predicted molar refractivity (Wildman–Crippen MR) is 108 cm³/mol. The number of hydrogen-bond donors (Lipinski definition) is 3. The molecule has 31 heavy (non-hydrogen) atoms. The van der Waals surface area contributed by atoms with Gasteiger partial charge in [-0.1, -0.05) is 6.08 Å². The minimum absolute atomic E-state index is 0.0235. The summed E-state index contributed by atoms with van der Waals surface area (Å²) in [6.07, 6.45) is -6.45. The van der Waals surface area contributed by atoms with Crippen LogP contribution in [0.15, 0.2) is 33.7 Å². The maximum Gasteiger partial charge on any atom is 0.415 e. The maximum atomic E-state index is 12.9. The largest absolute Gasteiger partial charge is 0.415 e. The van der Waals surface area contributed by atoms with Gasteiger partial charge in [-0.05, 0) is 31.4 Å². The van der Waals surface area contributed by atoms with Crippen molar-refractivity contribution < 1.29 is 35.7 Å². The van der Waals surface area contributed by atoms with E-state index in [-0.39, 0.29) is 36.4 Å². The highest BCUT2D eigenvalue weighted by Gasteiger charge is 2.45. The van der Waals surface area contributed by atoms with Crippen LogP contribution in [-0.2, 0) is 11.0 Å². The van der Waals surface area contributed by atoms with Gasteiger partial charge >= 0.3 is 12.4 Å². The number of allylic oxidation sites excluding steroid dienone is 3. The zero-order valence-electron chi connectivity index (χ0n) is 16.0. The summed E-state index contributed by atoms with van der Waals surface area (Å²) in [4.78, 5) is 0. The van der Waals surface area contributed by atoms with Gasteiger partial charge in [-0.2, -0.15) is 26.3 Å². The molecule has 6 unspecified atom stereocenters. The van der Waals surface area contributed by atoms with Gasteiger partial charge in [-0.15, -0.1) is 23.4 Å². The molecule has 0 aromatic heterocycles. The zero-order chi connectivity index (χ0) is 23.0. The molecule has 4 nitrogen and oxygen atoms in total. The minimum Gasteiger partial charge on any atom is -0.388 e. The first-order valence-corrected chi connectivity index (χ1v) is 12.0. The molecule has 0 saturated carbocycles. The van der Waals surface area contributed by atoms with Crippen LogP contribution < -0.4 is 10.0 Å². The van der Waals surface area contributed by atoms with Crippen LogP contribution in [0.2, 0.25) is 0 Å². The second-order valence-electron chi connectivity index (χ2n) is 7.64. The molecule has 2 heterocycles. The van der Waals surface area contributed by atoms with Crippen LogP contribution in [0.3, 0.4) is 0 Å². The van der Waals surface area contributed by atoms with Crippen molar-refractivity contribution >= 4 is 34.3 Å². The standard InChI is InChI=1S/C18H21ClF6N2O2S2/c19-13-5-9(17(20,21)22)8-26-14(13)7-11-2-4-16(30-11)31(29)27-10-1-3-12(15(28)6-10)18(23,24)25/h1,3-4,9,11,13-15,26-28H,2,5-8H2. The summed E-state index contributed by atoms with van der Waals surface area (Å²) >= 11 is 7.48. The van der Waals surface area contributed by atoms with E-state index in [2.05, 4.69) is 10.0 Å². The summed E-state index contributed by atoms with van der Waals surface area (Å²) in [5.74, 6) is -1.47. The number of nitrogens with one attached hydrogen (secondary N) is 2. The number of hydrogen-bond acceptors (Lipinski definition) is 4. The fourth-order valence-corrected chi connectivity index (χ4v) is 6.72. The second-order valence-corrected chi connectivity index (χ2v) is 11.0. The zero-order valence-corrected chi connectivity index (χ0v) is 18.4. The van der Waals surface area contributed by atoms with Crippen LogP contribution in [0.5, 0.6) is 0 Å². The van der Waals surface area contributed by atoms with Gasteiger partial charge in [0.2, 0.25) is 0 Å². The van der Waals surface area contributed by atoms with Gasteiger partial charge in [-0.3, -0.25) is 0 Å². The van der Waals surface area contributed by atoms with E-state index in [9.17, 15) is 35.7 Å². The van der Waals surface area contributed by atoms with E-state index in [1.807, 2.05) is 0 Å². The normalized spacial score (nSPS) is 33.4. The molecule has 1 aliphatic carbocycles. The van der Waals surface area contributed by atoms with Crippen molar-refractivity contribution in [3.05, 3.63) is 33.7 Å². The highest BCUT2D eigenvalue weighted by molar-refractivity contribution is 8.16. The Hall–Kier alpha value is -0.690. The third kappa shape index (κ3) is 6.43. The fraction of sp³-hybridized carbons (Fsp3) is 0.667. The van der Waals surface area contributed by atoms with E-state index in [4.69, 9.17) is 11.6 Å². The van der Waals surface area contributed by atoms with Crippen LogP contribution in [0.25, 0.3) is 0 Å². The highest BCUT2D eigenvalue weighted by atomic mass is 35.5. The SMILES string of the molecule is O=S(NC1=CC=C(C(F)(F)F)C(O)C1)C1=CCC(CC2NCC(C(F)(F)F)CC2Cl)S1. The fourth-order valence-electron chi connectivity index (χ4n) is 3.67. The third-order valence-electron chi connectivity index (χ3n) is 5.35. The molecule has 0 aromatic rings. The first kappa shape index (κ1) is 24.9. The smallest absolute Gasteiger partial charge is 0.388 e. The summed E-state index contributed by atoms with van der Waals surface area (Å²) in [6.45, 7) is -0.188. The lowest BCUT2D eigenvalue weighted by Gasteiger charge is -2.35. The molecule has 1 saturated heterocycles. The Kier molecular flexibility index (Phi) is 7.77. The van der Waals surface area contributed by atoms with Gasteiger partial charge in [0.1, 0.15) is 0 Å². The quantitative estimate of drug-likeness (QED) is 0.382. The molecular weight excluding hydrogens is 490 g/mol. The van der Waals surface area contributed by atoms with Crippen molar-refractivity contribution in [3.63, 3.8) is 0 Å². The van der Waals surface area contributed by atoms with Crippen molar-refractivity contribution in [1.29, 1.82) is 0 Å². The van der Waals surface area contributed by atoms with Crippen LogP contribution in [0, 0.1) is 5.92 Å². The molecule has 0 aromatic carbocycles. The predicted octanol–water partition coefficient (Wildman–Crippen LogP) is 4.26. The molecule has 176 valence electrons. The van der Waals surface area contributed by atoms with E-state index in [1.54, 1.807) is 6.08 Å². The monoisotopic (exact) mass is 510 g/mol. The van der Waals surface area contributed by atoms with Gasteiger partial charge in [-0.25, -0.2) is 4.21 Å². The van der Waals surface area contributed by atoms with Crippen molar-refractivity contribution in [1.82, 2.24) is 10.0 Å². The number of halogens is 7. The van der Waals surface area contributed by atoms with E-state index in [0.29, 0.717) is 17.1 Å². The summed E-state index contributed by atoms with van der Waals surface area (Å²) in [6, 6.07) is -0.297. The Balaban J connectivity index is 1.49. The van der Waals surface area contributed by atoms with Crippen molar-refractivity contribution in [2.24, 2.45) is 5.92 Å². The van der Waals surface area contributed by atoms with Gasteiger partial charge < -0.3 is 15.1 Å². The molecule has 0 radical (unpaired) electrons. The van der Waals surface area contributed by atoms with Crippen LogP contribution in [-0.4, -0.2) is 51.0 Å². The summed E-state index contributed by atoms with van der Waals surface area (Å²) in [5.41, 5.74) is -0.835. The summed E-state index contributed by atoms with van der Waals surface area (Å²) in [7, 11) is -1.71. The second kappa shape index (κ2) is 9.66. The Bertz CT molecular complexity index is 799. The van der Waals surface area contributed by atoms with Crippen LogP contribution in [0.1, 0.15) is 25.7 Å². The van der Waals surface area contributed by atoms with Crippen molar-refractivity contribution in [3.8, 4) is 0 Å². The Morgan fingerprint density at radius 1 is 1.26 bits per heavy atom. The number of aliphatic hydroxyl groups excluding tert-OH is 1. The van der Waals surface area contributed by atoms with Gasteiger partial charge in [0.15, 0.2) is 11.0 Å². The van der Waals surface area contributed by atoms with Gasteiger partial charge in [0.05, 0.1) is 21.8 Å². The molecule has 3 aliphatic rings. The number of piperidine rings is 1. The Labute approximate surface area is 187 Å². The summed E-state index contributed by atoms with van der Waals surface area (Å²) in [5, 5.41) is 11.9. The molecule has 2 aliphatic heterocycles. The van der Waals surface area contributed by atoms with Crippen molar-refractivity contribution in [2.45, 2.75) is 60.8 Å². The molecular formula is C18H21ClF6N2O2S2. The molecule has 3 rings (SSSR count). The minimum atomic E-state index is -4.63. The van der Waals surface area contributed by atoms with E-state index in [1.165, 1.54) is 11.8 Å². The lowest BCUT2D eigenvalue weighted by Crippen LogP contribution is -2.51. The Morgan fingerprint density at radius 3 is 2.55 bits per heavy atom. The van der Waals surface area contributed by atoms with Crippen LogP contribution >= 0.6 is 23.4 Å². The van der Waals surface area contributed by atoms with E-state index in [0.717, 1.165) is 12.2 Å². The third-order valence-corrected chi connectivity index (χ3v) is 8.67. The average molecular weight is 511 g/mol. The molecule has 0 amide bonds. The van der Waals surface area contributed by atoms with Crippen molar-refractivity contribution in [2.75, 3.05) is 6.54 Å². The number of aliphatic hydroxyl groups is 1. The first-order chi connectivity index (χ1) is 14.3. The lowest BCUT2D eigenvalue weighted by molar-refractivity contribution is -0.179. The molecule has 13 heteroatoms. The van der Waals surface area contributed by atoms with E-state index >= 15 is 0 Å². The number of rotatable bonds is 5. The molecule has 3 N–H and O–H groups in total. The lowest BCUT2D eigenvalue weighted by atomic mass is 9.91. The van der Waals surface area contributed by atoms with E-state index < -0.39 is 46.3 Å². The number of thioether (sulfide) groups is 1. The van der Waals surface area contributed by atoms with Gasteiger partial charge in [0, 0.05) is 35.3 Å². The number of alkyl halides is 7. The molecule has 6 atom stereocenters. The summed E-state index contributed by atoms with van der Waals surface area (Å²) < 4.78 is 92.4. The molecule has 1 fully saturated rings. The van der Waals surface area contributed by atoms with Gasteiger partial charge in [0.25, 0.3) is 0 Å². The maximum absolute atomic E-state index is 12.9. The average Bonchev–Trinajstić information content (AvgIpc) is 3.10. The molecule has 0 spiro atoms. The first-order valence-electron chi connectivity index (χ1n) is 9.50. The highest BCUT2D eigenvalue weighted by Crippen LogP contribution is 2.40. The Morgan fingerprint density at radius 2 is 1.97 bits per heavy atom. The topological polar surface area (TPSA) is 61.4 Å².